The number of benzene rings is 1. The van der Waals surface area contributed by atoms with Crippen molar-refractivity contribution in [2.24, 2.45) is 0 Å². The van der Waals surface area contributed by atoms with E-state index in [0.29, 0.717) is 0 Å². The van der Waals surface area contributed by atoms with Crippen molar-refractivity contribution in [3.63, 3.8) is 0 Å². The Morgan fingerprint density at radius 3 is 2.00 bits per heavy atom. The fraction of sp³-hybridized carbons (Fsp3) is 0.455. The first-order chi connectivity index (χ1) is 7.41. The summed E-state index contributed by atoms with van der Waals surface area (Å²) in [5.41, 5.74) is 0.956. The molecule has 0 aromatic heterocycles. The maximum atomic E-state index is 10.5. The van der Waals surface area contributed by atoms with Crippen molar-refractivity contribution >= 4 is 21.9 Å². The van der Waals surface area contributed by atoms with Crippen LogP contribution in [-0.4, -0.2) is 25.0 Å². The number of aryl methyl sites for hydroxylation is 1. The van der Waals surface area contributed by atoms with Crippen LogP contribution in [-0.2, 0) is 10.1 Å². The number of hydrogen-bond acceptors (Lipinski definition) is 3. The van der Waals surface area contributed by atoms with Crippen LogP contribution in [0.25, 0.3) is 0 Å². The molecule has 0 aliphatic rings. The molecule has 0 spiro atoms. The molecule has 92 valence electrons. The molecule has 0 atom stereocenters. The van der Waals surface area contributed by atoms with Crippen LogP contribution in [0.15, 0.2) is 29.2 Å². The zero-order valence-corrected chi connectivity index (χ0v) is 11.4. The van der Waals surface area contributed by atoms with Crippen LogP contribution in [0.3, 0.4) is 0 Å². The molecule has 0 fully saturated rings. The van der Waals surface area contributed by atoms with Crippen LogP contribution < -0.4 is 0 Å². The summed E-state index contributed by atoms with van der Waals surface area (Å²) in [7, 11) is -4.02. The molecule has 0 heterocycles. The lowest BCUT2D eigenvalue weighted by atomic mass is 10.2. The van der Waals surface area contributed by atoms with Crippen LogP contribution in [0.5, 0.6) is 0 Å². The van der Waals surface area contributed by atoms with Gasteiger partial charge in [-0.2, -0.15) is 20.2 Å². The Kier molecular flexibility index (Phi) is 7.45. The van der Waals surface area contributed by atoms with Gasteiger partial charge in [0.15, 0.2) is 0 Å². The second kappa shape index (κ2) is 7.70. The van der Waals surface area contributed by atoms with Gasteiger partial charge in [0.25, 0.3) is 10.1 Å². The standard InChI is InChI=1S/C7H8O3S.C4H10S/c1-6-2-4-7(5-3-6)11(8,9)10;1-3-4-5-2/h2-5H,1H3,(H,8,9,10);3-4H2,1-2H3. The van der Waals surface area contributed by atoms with Crippen LogP contribution in [0, 0.1) is 6.92 Å². The van der Waals surface area contributed by atoms with E-state index >= 15 is 0 Å². The fourth-order valence-corrected chi connectivity index (χ4v) is 1.80. The van der Waals surface area contributed by atoms with Crippen molar-refractivity contribution in [3.8, 4) is 0 Å². The minimum Gasteiger partial charge on any atom is -0.282 e. The number of thioether (sulfide) groups is 1. The molecule has 0 unspecified atom stereocenters. The van der Waals surface area contributed by atoms with E-state index in [-0.39, 0.29) is 4.90 Å². The van der Waals surface area contributed by atoms with Crippen LogP contribution >= 0.6 is 11.8 Å². The normalized spacial score (nSPS) is 10.5. The molecule has 16 heavy (non-hydrogen) atoms. The van der Waals surface area contributed by atoms with Crippen molar-refractivity contribution in [2.75, 3.05) is 12.0 Å². The van der Waals surface area contributed by atoms with Gasteiger partial charge < -0.3 is 0 Å². The van der Waals surface area contributed by atoms with Gasteiger partial charge >= 0.3 is 0 Å². The second-order valence-electron chi connectivity index (χ2n) is 3.28. The molecule has 0 aliphatic heterocycles. The summed E-state index contributed by atoms with van der Waals surface area (Å²) >= 11 is 1.90. The van der Waals surface area contributed by atoms with Crippen LogP contribution in [0.1, 0.15) is 18.9 Å². The van der Waals surface area contributed by atoms with Crippen molar-refractivity contribution < 1.29 is 13.0 Å². The molecule has 0 bridgehead atoms. The van der Waals surface area contributed by atoms with Gasteiger partial charge in [0, 0.05) is 0 Å². The molecule has 0 saturated heterocycles. The Labute approximate surface area is 102 Å². The van der Waals surface area contributed by atoms with Gasteiger partial charge in [-0.25, -0.2) is 0 Å². The minimum absolute atomic E-state index is 0.0666. The highest BCUT2D eigenvalue weighted by Gasteiger charge is 2.06. The average Bonchev–Trinajstić information content (AvgIpc) is 2.19. The molecule has 0 aliphatic carbocycles. The first-order valence-corrected chi connectivity index (χ1v) is 7.78. The Hall–Kier alpha value is -0.520. The smallest absolute Gasteiger partial charge is 0.282 e. The third-order valence-corrected chi connectivity index (χ3v) is 3.41. The van der Waals surface area contributed by atoms with E-state index in [0.717, 1.165) is 5.56 Å². The van der Waals surface area contributed by atoms with Crippen LogP contribution in [0.4, 0.5) is 0 Å². The lowest BCUT2D eigenvalue weighted by molar-refractivity contribution is 0.483. The van der Waals surface area contributed by atoms with Crippen molar-refractivity contribution in [1.29, 1.82) is 0 Å². The molecule has 5 heteroatoms. The van der Waals surface area contributed by atoms with E-state index in [2.05, 4.69) is 13.2 Å². The summed E-state index contributed by atoms with van der Waals surface area (Å²) in [6.07, 6.45) is 3.44. The van der Waals surface area contributed by atoms with Gasteiger partial charge in [0.2, 0.25) is 0 Å². The molecule has 1 aromatic rings. The lowest BCUT2D eigenvalue weighted by Crippen LogP contribution is -1.96. The summed E-state index contributed by atoms with van der Waals surface area (Å²) in [6, 6.07) is 5.99. The van der Waals surface area contributed by atoms with E-state index < -0.39 is 10.1 Å². The molecule has 0 saturated carbocycles. The van der Waals surface area contributed by atoms with Gasteiger partial charge in [0.1, 0.15) is 0 Å². The zero-order valence-electron chi connectivity index (χ0n) is 9.80. The first kappa shape index (κ1) is 15.5. The fourth-order valence-electron chi connectivity index (χ4n) is 0.914. The van der Waals surface area contributed by atoms with E-state index in [1.807, 2.05) is 18.7 Å². The Balaban J connectivity index is 0.000000385. The molecule has 3 nitrogen and oxygen atoms in total. The van der Waals surface area contributed by atoms with Crippen molar-refractivity contribution in [3.05, 3.63) is 29.8 Å². The maximum absolute atomic E-state index is 10.5. The van der Waals surface area contributed by atoms with E-state index in [9.17, 15) is 8.42 Å². The van der Waals surface area contributed by atoms with E-state index in [1.165, 1.54) is 24.3 Å². The molecular weight excluding hydrogens is 244 g/mol. The summed E-state index contributed by atoms with van der Waals surface area (Å²) < 4.78 is 29.6. The Morgan fingerprint density at radius 2 is 1.75 bits per heavy atom. The maximum Gasteiger partial charge on any atom is 0.294 e. The van der Waals surface area contributed by atoms with Gasteiger partial charge in [-0.05, 0) is 37.5 Å². The van der Waals surface area contributed by atoms with Gasteiger partial charge in [-0.15, -0.1) is 0 Å². The van der Waals surface area contributed by atoms with E-state index in [1.54, 1.807) is 12.1 Å². The minimum atomic E-state index is -4.02. The predicted octanol–water partition coefficient (Wildman–Crippen LogP) is 3.00. The zero-order chi connectivity index (χ0) is 12.6. The topological polar surface area (TPSA) is 54.4 Å². The summed E-state index contributed by atoms with van der Waals surface area (Å²) in [6.45, 7) is 4.03. The third kappa shape index (κ3) is 6.87. The second-order valence-corrected chi connectivity index (χ2v) is 5.69. The van der Waals surface area contributed by atoms with Gasteiger partial charge in [-0.3, -0.25) is 4.55 Å². The third-order valence-electron chi connectivity index (χ3n) is 1.73. The van der Waals surface area contributed by atoms with Crippen molar-refractivity contribution in [1.82, 2.24) is 0 Å². The highest BCUT2D eigenvalue weighted by atomic mass is 32.2. The van der Waals surface area contributed by atoms with E-state index in [4.69, 9.17) is 4.55 Å². The summed E-state index contributed by atoms with van der Waals surface area (Å²) in [5.74, 6) is 1.31. The highest BCUT2D eigenvalue weighted by Crippen LogP contribution is 2.08. The number of rotatable bonds is 3. The van der Waals surface area contributed by atoms with Gasteiger partial charge in [-0.1, -0.05) is 24.6 Å². The Morgan fingerprint density at radius 1 is 1.25 bits per heavy atom. The molecule has 0 radical (unpaired) electrons. The first-order valence-electron chi connectivity index (χ1n) is 4.95. The van der Waals surface area contributed by atoms with Crippen molar-refractivity contribution in [2.45, 2.75) is 25.2 Å². The largest absolute Gasteiger partial charge is 0.294 e. The van der Waals surface area contributed by atoms with Gasteiger partial charge in [0.05, 0.1) is 4.90 Å². The highest BCUT2D eigenvalue weighted by molar-refractivity contribution is 7.98. The summed E-state index contributed by atoms with van der Waals surface area (Å²) in [4.78, 5) is -0.0666. The van der Waals surface area contributed by atoms with Crippen LogP contribution in [0.2, 0.25) is 0 Å². The Bertz CT molecular complexity index is 380. The molecule has 1 N–H and O–H groups in total. The molecular formula is C11H18O3S2. The lowest BCUT2D eigenvalue weighted by Gasteiger charge is -1.95. The average molecular weight is 262 g/mol. The number of hydrogen-bond donors (Lipinski definition) is 1. The quantitative estimate of drug-likeness (QED) is 0.851. The monoisotopic (exact) mass is 262 g/mol. The predicted molar refractivity (Wildman–Crippen MR) is 69.7 cm³/mol. The molecule has 0 amide bonds. The molecule has 1 rings (SSSR count). The summed E-state index contributed by atoms with van der Waals surface area (Å²) in [5, 5.41) is 0. The molecule has 1 aromatic carbocycles. The SMILES string of the molecule is CCCSC.Cc1ccc(S(=O)(=O)O)cc1.